The Bertz CT molecular complexity index is 525. The fraction of sp³-hybridized carbons (Fsp3) is 0. The van der Waals surface area contributed by atoms with Crippen LogP contribution in [0.15, 0.2) is 62.3 Å². The number of benzene rings is 2. The van der Waals surface area contributed by atoms with Crippen LogP contribution >= 0.6 is 27.9 Å². The molecule has 2 rings (SSSR count). The lowest BCUT2D eigenvalue weighted by molar-refractivity contribution is 0.474. The van der Waals surface area contributed by atoms with Crippen molar-refractivity contribution in [3.8, 4) is 5.75 Å². The molecule has 1 N–H and O–H groups in total. The summed E-state index contributed by atoms with van der Waals surface area (Å²) in [6.45, 7) is 0. The third kappa shape index (κ3) is 3.61. The molecule has 17 heavy (non-hydrogen) atoms. The van der Waals surface area contributed by atoms with Gasteiger partial charge in [0.25, 0.3) is 0 Å². The first kappa shape index (κ1) is 12.2. The van der Waals surface area contributed by atoms with Gasteiger partial charge in [0.05, 0.1) is 0 Å². The summed E-state index contributed by atoms with van der Waals surface area (Å²) >= 11 is 4.75. The Morgan fingerprint density at radius 3 is 2.47 bits per heavy atom. The number of phenols is 1. The predicted octanol–water partition coefficient (Wildman–Crippen LogP) is 4.28. The Morgan fingerprint density at radius 2 is 1.76 bits per heavy atom. The largest absolute Gasteiger partial charge is 0.507 e. The molecule has 0 amide bonds. The molecule has 0 saturated carbocycles. The van der Waals surface area contributed by atoms with E-state index in [0.717, 1.165) is 14.9 Å². The summed E-state index contributed by atoms with van der Waals surface area (Å²) in [5, 5.41) is 9.54. The van der Waals surface area contributed by atoms with Crippen LogP contribution in [0, 0.1) is 0 Å². The zero-order valence-electron chi connectivity index (χ0n) is 8.88. The molecular formula is C13H10BrNOS. The Balaban J connectivity index is 2.03. The van der Waals surface area contributed by atoms with Gasteiger partial charge >= 0.3 is 0 Å². The number of hydrogen-bond acceptors (Lipinski definition) is 3. The zero-order valence-corrected chi connectivity index (χ0v) is 11.3. The van der Waals surface area contributed by atoms with E-state index in [4.69, 9.17) is 0 Å². The van der Waals surface area contributed by atoms with Crippen LogP contribution in [0.3, 0.4) is 0 Å². The molecule has 2 aromatic rings. The van der Waals surface area contributed by atoms with Gasteiger partial charge in [0.15, 0.2) is 0 Å². The minimum absolute atomic E-state index is 0.243. The fourth-order valence-corrected chi connectivity index (χ4v) is 2.05. The number of aromatic hydroxyl groups is 1. The van der Waals surface area contributed by atoms with Crippen LogP contribution in [-0.2, 0) is 0 Å². The van der Waals surface area contributed by atoms with E-state index in [1.54, 1.807) is 18.3 Å². The van der Waals surface area contributed by atoms with E-state index < -0.39 is 0 Å². The third-order valence-electron chi connectivity index (χ3n) is 2.10. The van der Waals surface area contributed by atoms with Crippen molar-refractivity contribution in [2.75, 3.05) is 0 Å². The fourth-order valence-electron chi connectivity index (χ4n) is 1.24. The average Bonchev–Trinajstić information content (AvgIpc) is 2.34. The lowest BCUT2D eigenvalue weighted by Gasteiger charge is -1.97. The summed E-state index contributed by atoms with van der Waals surface area (Å²) in [6, 6.07) is 15.0. The second-order valence-corrected chi connectivity index (χ2v) is 5.12. The molecule has 4 heteroatoms. The van der Waals surface area contributed by atoms with Gasteiger partial charge in [0, 0.05) is 33.1 Å². The van der Waals surface area contributed by atoms with Gasteiger partial charge in [-0.15, -0.1) is 0 Å². The minimum atomic E-state index is 0.243. The number of hydrogen-bond donors (Lipinski definition) is 1. The van der Waals surface area contributed by atoms with Crippen LogP contribution in [0.1, 0.15) is 5.56 Å². The normalized spacial score (nSPS) is 10.9. The van der Waals surface area contributed by atoms with Gasteiger partial charge in [0.1, 0.15) is 5.75 Å². The van der Waals surface area contributed by atoms with Crippen LogP contribution in [0.5, 0.6) is 5.75 Å². The van der Waals surface area contributed by atoms with Crippen molar-refractivity contribution < 1.29 is 5.11 Å². The van der Waals surface area contributed by atoms with Crippen LogP contribution in [0.25, 0.3) is 0 Å². The van der Waals surface area contributed by atoms with Crippen molar-refractivity contribution in [2.45, 2.75) is 4.90 Å². The van der Waals surface area contributed by atoms with E-state index in [1.807, 2.05) is 36.4 Å². The number of halogens is 1. The van der Waals surface area contributed by atoms with E-state index in [1.165, 1.54) is 11.9 Å². The summed E-state index contributed by atoms with van der Waals surface area (Å²) < 4.78 is 5.27. The second kappa shape index (κ2) is 5.89. The molecule has 0 bridgehead atoms. The molecule has 0 fully saturated rings. The highest BCUT2D eigenvalue weighted by Crippen LogP contribution is 2.22. The first-order chi connectivity index (χ1) is 8.25. The maximum Gasteiger partial charge on any atom is 0.124 e. The number of para-hydroxylation sites is 1. The molecule has 0 aliphatic carbocycles. The van der Waals surface area contributed by atoms with E-state index in [-0.39, 0.29) is 5.75 Å². The Kier molecular flexibility index (Phi) is 4.23. The van der Waals surface area contributed by atoms with Crippen molar-refractivity contribution in [1.82, 2.24) is 0 Å². The molecule has 0 aromatic heterocycles. The standard InChI is InChI=1S/C13H10BrNOS/c14-11-5-7-12(8-6-11)17-15-9-10-3-1-2-4-13(10)16/h1-9,16H. The topological polar surface area (TPSA) is 32.6 Å². The highest BCUT2D eigenvalue weighted by molar-refractivity contribution is 9.10. The van der Waals surface area contributed by atoms with E-state index >= 15 is 0 Å². The maximum absolute atomic E-state index is 9.54. The third-order valence-corrected chi connectivity index (χ3v) is 3.32. The molecule has 0 radical (unpaired) electrons. The second-order valence-electron chi connectivity index (χ2n) is 3.34. The molecule has 0 aliphatic heterocycles. The number of nitrogens with zero attached hydrogens (tertiary/aromatic N) is 1. The van der Waals surface area contributed by atoms with E-state index in [2.05, 4.69) is 20.3 Å². The summed E-state index contributed by atoms with van der Waals surface area (Å²) in [4.78, 5) is 1.06. The van der Waals surface area contributed by atoms with Crippen LogP contribution in [0.2, 0.25) is 0 Å². The Morgan fingerprint density at radius 1 is 1.06 bits per heavy atom. The summed E-state index contributed by atoms with van der Waals surface area (Å²) in [6.07, 6.45) is 1.65. The minimum Gasteiger partial charge on any atom is -0.507 e. The lowest BCUT2D eigenvalue weighted by Crippen LogP contribution is -1.79. The quantitative estimate of drug-likeness (QED) is 0.678. The van der Waals surface area contributed by atoms with Gasteiger partial charge in [-0.2, -0.15) is 0 Å². The van der Waals surface area contributed by atoms with Gasteiger partial charge in [-0.3, -0.25) is 0 Å². The first-order valence-corrected chi connectivity index (χ1v) is 6.56. The van der Waals surface area contributed by atoms with Crippen LogP contribution in [-0.4, -0.2) is 11.3 Å². The van der Waals surface area contributed by atoms with Gasteiger partial charge in [-0.1, -0.05) is 28.1 Å². The van der Waals surface area contributed by atoms with Crippen molar-refractivity contribution >= 4 is 34.1 Å². The molecule has 86 valence electrons. The van der Waals surface area contributed by atoms with Gasteiger partial charge in [0.2, 0.25) is 0 Å². The molecule has 2 nitrogen and oxygen atoms in total. The Hall–Kier alpha value is -1.26. The van der Waals surface area contributed by atoms with Gasteiger partial charge in [-0.05, 0) is 36.4 Å². The molecular weight excluding hydrogens is 298 g/mol. The first-order valence-electron chi connectivity index (χ1n) is 4.99. The highest BCUT2D eigenvalue weighted by Gasteiger charge is 1.95. The molecule has 0 unspecified atom stereocenters. The Labute approximate surface area is 113 Å². The monoisotopic (exact) mass is 307 g/mol. The van der Waals surface area contributed by atoms with Crippen molar-refractivity contribution in [3.05, 3.63) is 58.6 Å². The summed E-state index contributed by atoms with van der Waals surface area (Å²) in [7, 11) is 0. The molecule has 0 saturated heterocycles. The predicted molar refractivity (Wildman–Crippen MR) is 75.7 cm³/mol. The smallest absolute Gasteiger partial charge is 0.124 e. The highest BCUT2D eigenvalue weighted by atomic mass is 79.9. The maximum atomic E-state index is 9.54. The average molecular weight is 308 g/mol. The van der Waals surface area contributed by atoms with Gasteiger partial charge < -0.3 is 5.11 Å². The number of rotatable bonds is 3. The number of phenolic OH excluding ortho intramolecular Hbond substituents is 1. The zero-order chi connectivity index (χ0) is 12.1. The molecule has 0 aliphatic rings. The SMILES string of the molecule is Oc1ccccc1C=NSc1ccc(Br)cc1. The van der Waals surface area contributed by atoms with Crippen molar-refractivity contribution in [3.63, 3.8) is 0 Å². The van der Waals surface area contributed by atoms with Crippen molar-refractivity contribution in [1.29, 1.82) is 0 Å². The summed E-state index contributed by atoms with van der Waals surface area (Å²) in [5.74, 6) is 0.243. The van der Waals surface area contributed by atoms with Crippen molar-refractivity contribution in [2.24, 2.45) is 4.40 Å². The molecule has 0 atom stereocenters. The van der Waals surface area contributed by atoms with E-state index in [0.29, 0.717) is 0 Å². The molecule has 2 aromatic carbocycles. The molecule has 0 heterocycles. The summed E-state index contributed by atoms with van der Waals surface area (Å²) in [5.41, 5.74) is 0.720. The van der Waals surface area contributed by atoms with Crippen LogP contribution in [0.4, 0.5) is 0 Å². The molecule has 0 spiro atoms. The van der Waals surface area contributed by atoms with Crippen LogP contribution < -0.4 is 0 Å². The van der Waals surface area contributed by atoms with Gasteiger partial charge in [-0.25, -0.2) is 4.40 Å². The van der Waals surface area contributed by atoms with E-state index in [9.17, 15) is 5.11 Å². The lowest BCUT2D eigenvalue weighted by atomic mass is 10.2.